The lowest BCUT2D eigenvalue weighted by molar-refractivity contribution is -0.136. The molecule has 0 aliphatic rings. The second-order valence-corrected chi connectivity index (χ2v) is 4.20. The van der Waals surface area contributed by atoms with Gasteiger partial charge < -0.3 is 9.30 Å². The van der Waals surface area contributed by atoms with Crippen molar-refractivity contribution in [2.24, 2.45) is 0 Å². The van der Waals surface area contributed by atoms with Gasteiger partial charge in [0, 0.05) is 24.4 Å². The maximum atomic E-state index is 11.1. The Balaban J connectivity index is 2.62. The molecule has 0 unspecified atom stereocenters. The molecule has 1 aromatic heterocycles. The van der Waals surface area contributed by atoms with Crippen LogP contribution < -0.4 is 5.56 Å². The van der Waals surface area contributed by atoms with Crippen LogP contribution in [0.5, 0.6) is 0 Å². The number of carbonyl (C=O) groups is 1. The van der Waals surface area contributed by atoms with Crippen LogP contribution >= 0.6 is 11.8 Å². The van der Waals surface area contributed by atoms with Crippen molar-refractivity contribution in [1.29, 1.82) is 0 Å². The minimum Gasteiger partial charge on any atom is -0.451 e. The normalized spacial score (nSPS) is 10.0. The van der Waals surface area contributed by atoms with Crippen LogP contribution in [-0.4, -0.2) is 21.5 Å². The van der Waals surface area contributed by atoms with E-state index >= 15 is 0 Å². The molecule has 1 aromatic rings. The lowest BCUT2D eigenvalue weighted by atomic mass is 10.4. The number of carbonyl (C=O) groups excluding carboxylic acids is 1. The van der Waals surface area contributed by atoms with Gasteiger partial charge >= 0.3 is 5.97 Å². The summed E-state index contributed by atoms with van der Waals surface area (Å²) in [7, 11) is 0. The molecule has 0 aromatic carbocycles. The van der Waals surface area contributed by atoms with Gasteiger partial charge in [-0.3, -0.25) is 4.79 Å². The Morgan fingerprint density at radius 1 is 1.65 bits per heavy atom. The number of rotatable bonds is 5. The number of ether oxygens (including phenoxy) is 1. The Kier molecular flexibility index (Phi) is 4.96. The zero-order valence-corrected chi connectivity index (χ0v) is 10.6. The fraction of sp³-hybridized carbons (Fsp3) is 0.364. The fourth-order valence-corrected chi connectivity index (χ4v) is 1.81. The maximum absolute atomic E-state index is 11.1. The lowest BCUT2D eigenvalue weighted by Crippen LogP contribution is -2.13. The Morgan fingerprint density at radius 2 is 2.35 bits per heavy atom. The summed E-state index contributed by atoms with van der Waals surface area (Å²) in [5, 5.41) is 0.537. The first kappa shape index (κ1) is 13.5. The molecule has 0 atom stereocenters. The van der Waals surface area contributed by atoms with Gasteiger partial charge in [-0.2, -0.15) is 4.98 Å². The monoisotopic (exact) mass is 254 g/mol. The van der Waals surface area contributed by atoms with E-state index in [9.17, 15) is 9.59 Å². The first-order valence-corrected chi connectivity index (χ1v) is 6.06. The third-order valence-corrected chi connectivity index (χ3v) is 2.74. The highest BCUT2D eigenvalue weighted by atomic mass is 32.2. The molecule has 1 rings (SSSR count). The van der Waals surface area contributed by atoms with Gasteiger partial charge in [0.2, 0.25) is 0 Å². The van der Waals surface area contributed by atoms with E-state index in [0.29, 0.717) is 17.3 Å². The smallest absolute Gasteiger partial charge is 0.333 e. The summed E-state index contributed by atoms with van der Waals surface area (Å²) >= 11 is 1.20. The summed E-state index contributed by atoms with van der Waals surface area (Å²) in [6.45, 7) is 7.69. The standard InChI is InChI=1S/C11H14N2O3S/c1-4-13-6-5-9(14)12-11(13)17-7-16-10(15)8(2)3/h5-6H,2,4,7H2,1,3H3. The van der Waals surface area contributed by atoms with Gasteiger partial charge in [-0.05, 0) is 25.6 Å². The average molecular weight is 254 g/mol. The SMILES string of the molecule is C=C(C)C(=O)OCSc1nc(=O)ccn1CC. The molecule has 0 aliphatic heterocycles. The summed E-state index contributed by atoms with van der Waals surface area (Å²) in [5.74, 6) is -0.332. The van der Waals surface area contributed by atoms with Gasteiger partial charge in [0.15, 0.2) is 5.16 Å². The van der Waals surface area contributed by atoms with Gasteiger partial charge in [-0.15, -0.1) is 0 Å². The van der Waals surface area contributed by atoms with Gasteiger partial charge in [-0.25, -0.2) is 4.79 Å². The lowest BCUT2D eigenvalue weighted by Gasteiger charge is -2.09. The van der Waals surface area contributed by atoms with Gasteiger partial charge in [0.25, 0.3) is 5.56 Å². The summed E-state index contributed by atoms with van der Waals surface area (Å²) in [6.07, 6.45) is 1.66. The average Bonchev–Trinajstić information content (AvgIpc) is 2.29. The number of hydrogen-bond acceptors (Lipinski definition) is 5. The number of aromatic nitrogens is 2. The van der Waals surface area contributed by atoms with Crippen molar-refractivity contribution in [3.05, 3.63) is 34.8 Å². The van der Waals surface area contributed by atoms with Crippen LogP contribution in [0.15, 0.2) is 34.4 Å². The van der Waals surface area contributed by atoms with Crippen LogP contribution in [-0.2, 0) is 16.1 Å². The van der Waals surface area contributed by atoms with Crippen molar-refractivity contribution < 1.29 is 9.53 Å². The van der Waals surface area contributed by atoms with Gasteiger partial charge in [-0.1, -0.05) is 6.58 Å². The van der Waals surface area contributed by atoms with Gasteiger partial charge in [0.05, 0.1) is 0 Å². The third kappa shape index (κ3) is 4.07. The summed E-state index contributed by atoms with van der Waals surface area (Å²) in [6, 6.07) is 1.40. The quantitative estimate of drug-likeness (QED) is 0.261. The minimum atomic E-state index is -0.446. The van der Waals surface area contributed by atoms with E-state index in [1.165, 1.54) is 17.8 Å². The summed E-state index contributed by atoms with van der Waals surface area (Å²) in [5.41, 5.74) is 0.0444. The second kappa shape index (κ2) is 6.24. The zero-order chi connectivity index (χ0) is 12.8. The van der Waals surface area contributed by atoms with Crippen molar-refractivity contribution in [3.8, 4) is 0 Å². The highest BCUT2D eigenvalue weighted by molar-refractivity contribution is 7.99. The maximum Gasteiger partial charge on any atom is 0.333 e. The molecule has 0 N–H and O–H groups in total. The Bertz CT molecular complexity index is 482. The van der Waals surface area contributed by atoms with E-state index in [-0.39, 0.29) is 11.5 Å². The van der Waals surface area contributed by atoms with Crippen LogP contribution in [0.2, 0.25) is 0 Å². The summed E-state index contributed by atoms with van der Waals surface area (Å²) < 4.78 is 6.72. The molecule has 92 valence electrons. The predicted molar refractivity (Wildman–Crippen MR) is 65.8 cm³/mol. The largest absolute Gasteiger partial charge is 0.451 e. The molecule has 6 heteroatoms. The van der Waals surface area contributed by atoms with Crippen LogP contribution in [0, 0.1) is 0 Å². The summed E-state index contributed by atoms with van der Waals surface area (Å²) in [4.78, 5) is 26.1. The number of thioether (sulfide) groups is 1. The number of esters is 1. The van der Waals surface area contributed by atoms with E-state index in [0.717, 1.165) is 0 Å². The highest BCUT2D eigenvalue weighted by Crippen LogP contribution is 2.14. The van der Waals surface area contributed by atoms with E-state index in [2.05, 4.69) is 11.6 Å². The number of hydrogen-bond donors (Lipinski definition) is 0. The zero-order valence-electron chi connectivity index (χ0n) is 9.80. The van der Waals surface area contributed by atoms with E-state index in [1.807, 2.05) is 6.92 Å². The van der Waals surface area contributed by atoms with Crippen molar-refractivity contribution in [1.82, 2.24) is 9.55 Å². The van der Waals surface area contributed by atoms with E-state index < -0.39 is 5.97 Å². The van der Waals surface area contributed by atoms with Crippen LogP contribution in [0.25, 0.3) is 0 Å². The highest BCUT2D eigenvalue weighted by Gasteiger charge is 2.06. The van der Waals surface area contributed by atoms with Crippen LogP contribution in [0.4, 0.5) is 0 Å². The molecule has 17 heavy (non-hydrogen) atoms. The molecule has 0 aliphatic carbocycles. The van der Waals surface area contributed by atoms with Crippen molar-refractivity contribution in [2.75, 3.05) is 5.94 Å². The molecule has 0 bridgehead atoms. The Labute approximate surface area is 104 Å². The molecule has 0 saturated heterocycles. The molecule has 0 amide bonds. The van der Waals surface area contributed by atoms with Gasteiger partial charge in [0.1, 0.15) is 5.94 Å². The van der Waals surface area contributed by atoms with Crippen LogP contribution in [0.3, 0.4) is 0 Å². The van der Waals surface area contributed by atoms with Crippen molar-refractivity contribution >= 4 is 17.7 Å². The first-order valence-electron chi connectivity index (χ1n) is 5.07. The van der Waals surface area contributed by atoms with Crippen LogP contribution in [0.1, 0.15) is 13.8 Å². The fourth-order valence-electron chi connectivity index (χ4n) is 1.03. The molecular formula is C11H14N2O3S. The number of aryl methyl sites for hydroxylation is 1. The minimum absolute atomic E-state index is 0.113. The molecular weight excluding hydrogens is 240 g/mol. The molecule has 0 fully saturated rings. The van der Waals surface area contributed by atoms with Crippen molar-refractivity contribution in [2.45, 2.75) is 25.5 Å². The molecule has 5 nitrogen and oxygen atoms in total. The second-order valence-electron chi connectivity index (χ2n) is 3.31. The predicted octanol–water partition coefficient (Wildman–Crippen LogP) is 1.43. The van der Waals surface area contributed by atoms with Crippen molar-refractivity contribution in [3.63, 3.8) is 0 Å². The number of nitrogens with zero attached hydrogens (tertiary/aromatic N) is 2. The molecule has 0 saturated carbocycles. The molecule has 0 spiro atoms. The Morgan fingerprint density at radius 3 is 2.94 bits per heavy atom. The van der Waals surface area contributed by atoms with E-state index in [1.54, 1.807) is 17.7 Å². The Hall–Kier alpha value is -1.56. The molecule has 0 radical (unpaired) electrons. The third-order valence-electron chi connectivity index (χ3n) is 1.92. The van der Waals surface area contributed by atoms with E-state index in [4.69, 9.17) is 4.74 Å². The molecule has 1 heterocycles. The topological polar surface area (TPSA) is 61.2 Å². The first-order chi connectivity index (χ1) is 8.04.